The highest BCUT2D eigenvalue weighted by Crippen LogP contribution is 2.44. The number of methoxy groups -OCH3 is 1. The number of nitro groups is 1. The highest BCUT2D eigenvalue weighted by molar-refractivity contribution is 8.00. The zero-order chi connectivity index (χ0) is 10.7. The quantitative estimate of drug-likeness (QED) is 0.345. The van der Waals surface area contributed by atoms with Crippen molar-refractivity contribution < 1.29 is 14.5 Å². The molecule has 0 N–H and O–H groups in total. The van der Waals surface area contributed by atoms with E-state index in [9.17, 15) is 14.9 Å². The molecule has 0 bridgehead atoms. The van der Waals surface area contributed by atoms with E-state index in [1.807, 2.05) is 0 Å². The SMILES string of the molecule is COc1sc(SC)c([N+](=O)[O-])c1C=O. The maximum absolute atomic E-state index is 10.7. The van der Waals surface area contributed by atoms with E-state index in [4.69, 9.17) is 4.74 Å². The summed E-state index contributed by atoms with van der Waals surface area (Å²) in [6.07, 6.45) is 2.17. The van der Waals surface area contributed by atoms with Gasteiger partial charge in [-0.3, -0.25) is 14.9 Å². The molecule has 0 fully saturated rings. The van der Waals surface area contributed by atoms with Crippen molar-refractivity contribution in [1.29, 1.82) is 0 Å². The van der Waals surface area contributed by atoms with Crippen LogP contribution in [0.2, 0.25) is 0 Å². The normalized spacial score (nSPS) is 9.86. The number of nitrogens with zero attached hydrogens (tertiary/aromatic N) is 1. The third-order valence-corrected chi connectivity index (χ3v) is 3.79. The van der Waals surface area contributed by atoms with Crippen LogP contribution in [0.5, 0.6) is 5.06 Å². The summed E-state index contributed by atoms with van der Waals surface area (Å²) < 4.78 is 5.36. The largest absolute Gasteiger partial charge is 0.486 e. The Kier molecular flexibility index (Phi) is 3.48. The highest BCUT2D eigenvalue weighted by atomic mass is 32.2. The molecular formula is C7H7NO4S2. The first-order valence-electron chi connectivity index (χ1n) is 3.50. The van der Waals surface area contributed by atoms with Crippen LogP contribution in [0, 0.1) is 10.1 Å². The summed E-state index contributed by atoms with van der Waals surface area (Å²) in [5, 5.41) is 11.0. The third kappa shape index (κ3) is 1.73. The predicted molar refractivity (Wildman–Crippen MR) is 54.7 cm³/mol. The number of carbonyl (C=O) groups excluding carboxylic acids is 1. The minimum absolute atomic E-state index is 0.0202. The molecule has 0 amide bonds. The van der Waals surface area contributed by atoms with Gasteiger partial charge < -0.3 is 4.74 Å². The zero-order valence-corrected chi connectivity index (χ0v) is 9.11. The van der Waals surface area contributed by atoms with Crippen LogP contribution in [0.25, 0.3) is 0 Å². The van der Waals surface area contributed by atoms with Crippen LogP contribution in [-0.2, 0) is 0 Å². The van der Waals surface area contributed by atoms with Crippen LogP contribution in [0.15, 0.2) is 4.21 Å². The van der Waals surface area contributed by atoms with Crippen molar-refractivity contribution in [1.82, 2.24) is 0 Å². The van der Waals surface area contributed by atoms with Crippen molar-refractivity contribution in [3.8, 4) is 5.06 Å². The molecule has 5 nitrogen and oxygen atoms in total. The molecule has 0 spiro atoms. The van der Waals surface area contributed by atoms with Gasteiger partial charge in [-0.1, -0.05) is 11.3 Å². The summed E-state index contributed by atoms with van der Waals surface area (Å²) in [5.41, 5.74) is -0.138. The van der Waals surface area contributed by atoms with Gasteiger partial charge in [0.05, 0.1) is 12.0 Å². The molecule has 76 valence electrons. The highest BCUT2D eigenvalue weighted by Gasteiger charge is 2.27. The Hall–Kier alpha value is -1.08. The van der Waals surface area contributed by atoms with E-state index in [2.05, 4.69) is 0 Å². The first-order valence-corrected chi connectivity index (χ1v) is 5.54. The molecule has 0 aliphatic rings. The molecule has 0 atom stereocenters. The van der Waals surface area contributed by atoms with E-state index < -0.39 is 4.92 Å². The van der Waals surface area contributed by atoms with Gasteiger partial charge in [-0.2, -0.15) is 0 Å². The molecule has 0 unspecified atom stereocenters. The van der Waals surface area contributed by atoms with Gasteiger partial charge in [0.25, 0.3) is 0 Å². The van der Waals surface area contributed by atoms with Crippen LogP contribution < -0.4 is 4.74 Å². The Balaban J connectivity index is 3.40. The fraction of sp³-hybridized carbons (Fsp3) is 0.286. The molecule has 0 saturated carbocycles. The number of aldehydes is 1. The summed E-state index contributed by atoms with van der Waals surface area (Å²) >= 11 is 2.33. The van der Waals surface area contributed by atoms with Gasteiger partial charge in [-0.05, 0) is 6.26 Å². The maximum Gasteiger partial charge on any atom is 0.308 e. The maximum atomic E-state index is 10.7. The molecule has 0 saturated heterocycles. The molecule has 0 aliphatic carbocycles. The molecule has 1 heterocycles. The number of carbonyl (C=O) groups is 1. The van der Waals surface area contributed by atoms with Gasteiger partial charge >= 0.3 is 5.69 Å². The van der Waals surface area contributed by atoms with Crippen molar-refractivity contribution in [3.63, 3.8) is 0 Å². The number of thioether (sulfide) groups is 1. The number of rotatable bonds is 4. The molecule has 1 aromatic rings. The van der Waals surface area contributed by atoms with Crippen LogP contribution in [0.1, 0.15) is 10.4 Å². The summed E-state index contributed by atoms with van der Waals surface area (Å²) in [4.78, 5) is 20.8. The molecule has 7 heteroatoms. The van der Waals surface area contributed by atoms with E-state index >= 15 is 0 Å². The van der Waals surface area contributed by atoms with Gasteiger partial charge in [0.1, 0.15) is 9.77 Å². The summed E-state index contributed by atoms with van der Waals surface area (Å²) in [5.74, 6) is 0. The van der Waals surface area contributed by atoms with Gasteiger partial charge in [-0.15, -0.1) is 11.8 Å². The summed E-state index contributed by atoms with van der Waals surface area (Å²) in [6.45, 7) is 0. The van der Waals surface area contributed by atoms with E-state index in [-0.39, 0.29) is 16.3 Å². The molecule has 0 radical (unpaired) electrons. The second-order valence-electron chi connectivity index (χ2n) is 2.22. The fourth-order valence-corrected chi connectivity index (χ4v) is 2.69. The minimum atomic E-state index is -0.561. The van der Waals surface area contributed by atoms with Gasteiger partial charge in [-0.25, -0.2) is 0 Å². The lowest BCUT2D eigenvalue weighted by Crippen LogP contribution is -1.93. The Labute approximate surface area is 88.2 Å². The van der Waals surface area contributed by atoms with Crippen LogP contribution in [-0.4, -0.2) is 24.6 Å². The number of ether oxygens (including phenoxy) is 1. The number of thiophene rings is 1. The lowest BCUT2D eigenvalue weighted by Gasteiger charge is -1.92. The van der Waals surface area contributed by atoms with Crippen molar-refractivity contribution in [2.24, 2.45) is 0 Å². The lowest BCUT2D eigenvalue weighted by molar-refractivity contribution is -0.387. The molecule has 0 aromatic carbocycles. The molecule has 14 heavy (non-hydrogen) atoms. The number of hydrogen-bond donors (Lipinski definition) is 0. The second kappa shape index (κ2) is 4.43. The smallest absolute Gasteiger partial charge is 0.308 e. The standard InChI is InChI=1S/C7H7NO4S2/c1-12-6-4(3-9)5(8(10)11)7(13-2)14-6/h3H,1-2H3. The fourth-order valence-electron chi connectivity index (χ4n) is 0.961. The Bertz CT molecular complexity index is 374. The van der Waals surface area contributed by atoms with Crippen molar-refractivity contribution in [2.75, 3.05) is 13.4 Å². The van der Waals surface area contributed by atoms with Crippen LogP contribution >= 0.6 is 23.1 Å². The van der Waals surface area contributed by atoms with Gasteiger partial charge in [0.2, 0.25) is 0 Å². The summed E-state index contributed by atoms with van der Waals surface area (Å²) in [7, 11) is 1.38. The Morgan fingerprint density at radius 1 is 1.64 bits per heavy atom. The average molecular weight is 233 g/mol. The van der Waals surface area contributed by atoms with Crippen molar-refractivity contribution in [2.45, 2.75) is 4.21 Å². The van der Waals surface area contributed by atoms with Crippen molar-refractivity contribution >= 4 is 35.1 Å². The molecule has 0 aliphatic heterocycles. The van der Waals surface area contributed by atoms with E-state index in [0.29, 0.717) is 10.5 Å². The first-order chi connectivity index (χ1) is 6.65. The first kappa shape index (κ1) is 11.0. The monoisotopic (exact) mass is 233 g/mol. The predicted octanol–water partition coefficient (Wildman–Crippen LogP) is 2.20. The van der Waals surface area contributed by atoms with E-state index in [1.54, 1.807) is 6.26 Å². The Morgan fingerprint density at radius 3 is 2.64 bits per heavy atom. The lowest BCUT2D eigenvalue weighted by atomic mass is 10.3. The van der Waals surface area contributed by atoms with Gasteiger partial charge in [0.15, 0.2) is 11.3 Å². The van der Waals surface area contributed by atoms with E-state index in [1.165, 1.54) is 18.9 Å². The second-order valence-corrected chi connectivity index (χ2v) is 4.28. The zero-order valence-electron chi connectivity index (χ0n) is 7.47. The molecular weight excluding hydrogens is 226 g/mol. The van der Waals surface area contributed by atoms with Gasteiger partial charge in [0, 0.05) is 0 Å². The molecule has 1 aromatic heterocycles. The third-order valence-electron chi connectivity index (χ3n) is 1.52. The van der Waals surface area contributed by atoms with E-state index in [0.717, 1.165) is 11.3 Å². The average Bonchev–Trinajstić information content (AvgIpc) is 2.54. The molecule has 1 rings (SSSR count). The summed E-state index contributed by atoms with van der Waals surface area (Å²) in [6, 6.07) is 0. The topological polar surface area (TPSA) is 69.4 Å². The van der Waals surface area contributed by atoms with Crippen molar-refractivity contribution in [3.05, 3.63) is 15.7 Å². The van der Waals surface area contributed by atoms with Crippen LogP contribution in [0.3, 0.4) is 0 Å². The number of hydrogen-bond acceptors (Lipinski definition) is 6. The van der Waals surface area contributed by atoms with Crippen LogP contribution in [0.4, 0.5) is 5.69 Å². The Morgan fingerprint density at radius 2 is 2.29 bits per heavy atom. The minimum Gasteiger partial charge on any atom is -0.486 e.